The molecular formula is C14H17NO3. The van der Waals surface area contributed by atoms with Crippen LogP contribution in [-0.2, 0) is 4.79 Å². The molecule has 1 saturated carbocycles. The number of rotatable bonds is 3. The lowest BCUT2D eigenvalue weighted by atomic mass is 10.0. The Morgan fingerprint density at radius 1 is 1.33 bits per heavy atom. The molecule has 4 nitrogen and oxygen atoms in total. The third-order valence-corrected chi connectivity index (χ3v) is 3.43. The van der Waals surface area contributed by atoms with Crippen molar-refractivity contribution in [1.82, 2.24) is 5.32 Å². The van der Waals surface area contributed by atoms with Gasteiger partial charge in [-0.2, -0.15) is 0 Å². The van der Waals surface area contributed by atoms with Gasteiger partial charge in [-0.05, 0) is 31.9 Å². The van der Waals surface area contributed by atoms with Gasteiger partial charge >= 0.3 is 5.97 Å². The third kappa shape index (κ3) is 2.70. The highest BCUT2D eigenvalue weighted by molar-refractivity contribution is 5.94. The molecule has 0 aromatic heterocycles. The van der Waals surface area contributed by atoms with E-state index in [-0.39, 0.29) is 11.9 Å². The van der Waals surface area contributed by atoms with Crippen molar-refractivity contribution in [1.29, 1.82) is 0 Å². The van der Waals surface area contributed by atoms with Crippen LogP contribution in [-0.4, -0.2) is 23.0 Å². The molecule has 0 aliphatic heterocycles. The molecule has 96 valence electrons. The van der Waals surface area contributed by atoms with Crippen LogP contribution < -0.4 is 5.32 Å². The van der Waals surface area contributed by atoms with E-state index in [0.29, 0.717) is 12.0 Å². The zero-order valence-electron chi connectivity index (χ0n) is 10.3. The molecule has 1 aromatic rings. The van der Waals surface area contributed by atoms with Gasteiger partial charge in [-0.25, -0.2) is 0 Å². The topological polar surface area (TPSA) is 66.4 Å². The first-order valence-corrected chi connectivity index (χ1v) is 6.18. The molecule has 1 fully saturated rings. The highest BCUT2D eigenvalue weighted by Gasteiger charge is 2.33. The number of aryl methyl sites for hydroxylation is 1. The summed E-state index contributed by atoms with van der Waals surface area (Å²) in [5.41, 5.74) is 1.61. The van der Waals surface area contributed by atoms with Crippen molar-refractivity contribution in [2.24, 2.45) is 5.92 Å². The maximum atomic E-state index is 12.0. The van der Waals surface area contributed by atoms with E-state index in [1.165, 1.54) is 0 Å². The normalized spacial score (nSPS) is 22.7. The standard InChI is InChI=1S/C14H17NO3/c1-9-4-2-5-10(8-9)13(16)15-12-7-3-6-11(12)14(17)18/h2,4-5,8,11-12H,3,6-7H2,1H3,(H,15,16)(H,17,18). The first-order valence-electron chi connectivity index (χ1n) is 6.18. The quantitative estimate of drug-likeness (QED) is 0.858. The minimum Gasteiger partial charge on any atom is -0.481 e. The highest BCUT2D eigenvalue weighted by Crippen LogP contribution is 2.26. The van der Waals surface area contributed by atoms with Crippen molar-refractivity contribution in [3.05, 3.63) is 35.4 Å². The molecule has 0 radical (unpaired) electrons. The number of carboxylic acid groups (broad SMARTS) is 1. The van der Waals surface area contributed by atoms with Crippen molar-refractivity contribution in [2.45, 2.75) is 32.2 Å². The fraction of sp³-hybridized carbons (Fsp3) is 0.429. The Kier molecular flexibility index (Phi) is 3.65. The van der Waals surface area contributed by atoms with Crippen LogP contribution in [0.5, 0.6) is 0 Å². The summed E-state index contributed by atoms with van der Waals surface area (Å²) in [6, 6.07) is 7.06. The Morgan fingerprint density at radius 3 is 2.78 bits per heavy atom. The predicted molar refractivity (Wildman–Crippen MR) is 67.4 cm³/mol. The molecule has 0 spiro atoms. The summed E-state index contributed by atoms with van der Waals surface area (Å²) in [6.45, 7) is 1.92. The number of aliphatic carboxylic acids is 1. The molecule has 2 rings (SSSR count). The number of benzene rings is 1. The molecule has 0 heterocycles. The second-order valence-corrected chi connectivity index (χ2v) is 4.83. The summed E-state index contributed by atoms with van der Waals surface area (Å²) in [5.74, 6) is -1.45. The molecule has 0 saturated heterocycles. The van der Waals surface area contributed by atoms with E-state index in [0.717, 1.165) is 18.4 Å². The summed E-state index contributed by atoms with van der Waals surface area (Å²) >= 11 is 0. The van der Waals surface area contributed by atoms with Crippen LogP contribution in [0.3, 0.4) is 0 Å². The minimum absolute atomic E-state index is 0.183. The molecule has 18 heavy (non-hydrogen) atoms. The monoisotopic (exact) mass is 247 g/mol. The molecule has 1 aliphatic rings. The largest absolute Gasteiger partial charge is 0.481 e. The summed E-state index contributed by atoms with van der Waals surface area (Å²) in [7, 11) is 0. The van der Waals surface area contributed by atoms with Crippen LogP contribution in [0.2, 0.25) is 0 Å². The summed E-state index contributed by atoms with van der Waals surface area (Å²) in [4.78, 5) is 23.0. The summed E-state index contributed by atoms with van der Waals surface area (Å²) in [6.07, 6.45) is 2.25. The van der Waals surface area contributed by atoms with Crippen LogP contribution >= 0.6 is 0 Å². The third-order valence-electron chi connectivity index (χ3n) is 3.43. The van der Waals surface area contributed by atoms with E-state index in [9.17, 15) is 9.59 Å². The molecule has 2 atom stereocenters. The Hall–Kier alpha value is -1.84. The lowest BCUT2D eigenvalue weighted by Crippen LogP contribution is -2.40. The second-order valence-electron chi connectivity index (χ2n) is 4.83. The Labute approximate surface area is 106 Å². The van der Waals surface area contributed by atoms with Gasteiger partial charge in [0, 0.05) is 11.6 Å². The van der Waals surface area contributed by atoms with E-state index < -0.39 is 11.9 Å². The van der Waals surface area contributed by atoms with Crippen LogP contribution in [0.4, 0.5) is 0 Å². The van der Waals surface area contributed by atoms with Gasteiger partial charge < -0.3 is 10.4 Å². The van der Waals surface area contributed by atoms with Crippen LogP contribution in [0.15, 0.2) is 24.3 Å². The van der Waals surface area contributed by atoms with Gasteiger partial charge in [0.1, 0.15) is 0 Å². The number of carboxylic acids is 1. The second kappa shape index (κ2) is 5.21. The predicted octanol–water partition coefficient (Wildman–Crippen LogP) is 1.98. The van der Waals surface area contributed by atoms with Crippen molar-refractivity contribution in [3.8, 4) is 0 Å². The van der Waals surface area contributed by atoms with Crippen LogP contribution in [0.25, 0.3) is 0 Å². The van der Waals surface area contributed by atoms with Crippen molar-refractivity contribution in [2.75, 3.05) is 0 Å². The zero-order valence-corrected chi connectivity index (χ0v) is 10.3. The Morgan fingerprint density at radius 2 is 2.11 bits per heavy atom. The number of hydrogen-bond acceptors (Lipinski definition) is 2. The molecular weight excluding hydrogens is 230 g/mol. The van der Waals surface area contributed by atoms with Gasteiger partial charge in [0.25, 0.3) is 5.91 Å². The fourth-order valence-electron chi connectivity index (χ4n) is 2.47. The van der Waals surface area contributed by atoms with E-state index >= 15 is 0 Å². The van der Waals surface area contributed by atoms with Crippen LogP contribution in [0.1, 0.15) is 35.2 Å². The molecule has 0 bridgehead atoms. The van der Waals surface area contributed by atoms with Gasteiger partial charge in [-0.3, -0.25) is 9.59 Å². The van der Waals surface area contributed by atoms with E-state index in [4.69, 9.17) is 5.11 Å². The average Bonchev–Trinajstić information content (AvgIpc) is 2.77. The van der Waals surface area contributed by atoms with Crippen molar-refractivity contribution < 1.29 is 14.7 Å². The molecule has 1 aliphatic carbocycles. The number of nitrogens with one attached hydrogen (secondary N) is 1. The van der Waals surface area contributed by atoms with E-state index in [1.807, 2.05) is 19.1 Å². The summed E-state index contributed by atoms with van der Waals surface area (Å²) < 4.78 is 0. The van der Waals surface area contributed by atoms with Gasteiger partial charge in [-0.15, -0.1) is 0 Å². The molecule has 1 amide bonds. The minimum atomic E-state index is -0.818. The molecule has 1 aromatic carbocycles. The van der Waals surface area contributed by atoms with Gasteiger partial charge in [0.2, 0.25) is 0 Å². The van der Waals surface area contributed by atoms with Crippen molar-refractivity contribution >= 4 is 11.9 Å². The lowest BCUT2D eigenvalue weighted by Gasteiger charge is -2.17. The molecule has 2 N–H and O–H groups in total. The first-order chi connectivity index (χ1) is 8.58. The van der Waals surface area contributed by atoms with E-state index in [1.54, 1.807) is 12.1 Å². The maximum absolute atomic E-state index is 12.0. The van der Waals surface area contributed by atoms with Gasteiger partial charge in [-0.1, -0.05) is 24.1 Å². The first kappa shape index (κ1) is 12.6. The number of hydrogen-bond donors (Lipinski definition) is 2. The lowest BCUT2D eigenvalue weighted by molar-refractivity contribution is -0.142. The number of carbonyl (C=O) groups excluding carboxylic acids is 1. The molecule has 2 unspecified atom stereocenters. The average molecular weight is 247 g/mol. The summed E-state index contributed by atoms with van der Waals surface area (Å²) in [5, 5.41) is 11.9. The fourth-order valence-corrected chi connectivity index (χ4v) is 2.47. The van der Waals surface area contributed by atoms with Crippen molar-refractivity contribution in [3.63, 3.8) is 0 Å². The van der Waals surface area contributed by atoms with Crippen LogP contribution in [0, 0.1) is 12.8 Å². The number of carbonyl (C=O) groups is 2. The van der Waals surface area contributed by atoms with Gasteiger partial charge in [0.15, 0.2) is 0 Å². The number of amides is 1. The molecule has 4 heteroatoms. The van der Waals surface area contributed by atoms with Gasteiger partial charge in [0.05, 0.1) is 5.92 Å². The van der Waals surface area contributed by atoms with E-state index in [2.05, 4.69) is 5.32 Å². The maximum Gasteiger partial charge on any atom is 0.308 e. The SMILES string of the molecule is Cc1cccc(C(=O)NC2CCCC2C(=O)O)c1. The Balaban J connectivity index is 2.05. The Bertz CT molecular complexity index is 470. The smallest absolute Gasteiger partial charge is 0.308 e. The zero-order chi connectivity index (χ0) is 13.1. The highest BCUT2D eigenvalue weighted by atomic mass is 16.4.